The molecule has 0 saturated carbocycles. The molecule has 33 heavy (non-hydrogen) atoms. The number of allylic oxidation sites excluding steroid dienone is 2. The maximum absolute atomic E-state index is 13.7. The molecule has 2 aromatic heterocycles. The number of nitrogens with two attached hydrogens (primary N) is 1. The number of piperidine rings is 1. The van der Waals surface area contributed by atoms with E-state index in [0.29, 0.717) is 24.6 Å². The highest BCUT2D eigenvalue weighted by molar-refractivity contribution is 5.88. The van der Waals surface area contributed by atoms with Gasteiger partial charge in [-0.1, -0.05) is 42.0 Å². The number of hydrogen-bond donors (Lipinski definition) is 1. The van der Waals surface area contributed by atoms with Crippen LogP contribution in [0.25, 0.3) is 16.9 Å². The topological polar surface area (TPSA) is 108 Å². The first-order chi connectivity index (χ1) is 15.8. The molecule has 0 radical (unpaired) electrons. The van der Waals surface area contributed by atoms with E-state index in [4.69, 9.17) is 10.7 Å². The summed E-state index contributed by atoms with van der Waals surface area (Å²) >= 11 is 0. The molecule has 3 heterocycles. The van der Waals surface area contributed by atoms with E-state index >= 15 is 0 Å². The van der Waals surface area contributed by atoms with Gasteiger partial charge < -0.3 is 15.2 Å². The number of fused-ring (bicyclic) bond motifs is 1. The van der Waals surface area contributed by atoms with Crippen molar-refractivity contribution in [2.45, 2.75) is 39.3 Å². The van der Waals surface area contributed by atoms with Crippen molar-refractivity contribution in [3.63, 3.8) is 0 Å². The lowest BCUT2D eigenvalue weighted by Gasteiger charge is -2.31. The van der Waals surface area contributed by atoms with Gasteiger partial charge in [0.1, 0.15) is 5.70 Å². The van der Waals surface area contributed by atoms with Gasteiger partial charge in [0.25, 0.3) is 5.56 Å². The highest BCUT2D eigenvalue weighted by Crippen LogP contribution is 2.24. The van der Waals surface area contributed by atoms with Gasteiger partial charge in [-0.05, 0) is 26.7 Å². The van der Waals surface area contributed by atoms with Crippen LogP contribution < -0.4 is 21.9 Å². The van der Waals surface area contributed by atoms with Crippen molar-refractivity contribution in [1.82, 2.24) is 18.7 Å². The van der Waals surface area contributed by atoms with E-state index in [9.17, 15) is 14.4 Å². The fourth-order valence-electron chi connectivity index (χ4n) is 4.21. The minimum Gasteiger partial charge on any atom is -0.341 e. The number of anilines is 1. The molecule has 9 nitrogen and oxygen atoms in total. The average Bonchev–Trinajstić information content (AvgIpc) is 3.19. The Labute approximate surface area is 191 Å². The summed E-state index contributed by atoms with van der Waals surface area (Å²) in [7, 11) is 1.55. The number of aromatic nitrogens is 4. The molecule has 1 aliphatic rings. The van der Waals surface area contributed by atoms with Crippen molar-refractivity contribution >= 4 is 28.8 Å². The van der Waals surface area contributed by atoms with Crippen LogP contribution in [0.3, 0.4) is 0 Å². The zero-order chi connectivity index (χ0) is 23.7. The minimum absolute atomic E-state index is 0.0126. The summed E-state index contributed by atoms with van der Waals surface area (Å²) < 4.78 is 4.01. The van der Waals surface area contributed by atoms with Gasteiger partial charge in [0, 0.05) is 38.3 Å². The van der Waals surface area contributed by atoms with Crippen LogP contribution in [0.2, 0.25) is 0 Å². The van der Waals surface area contributed by atoms with E-state index in [1.807, 2.05) is 24.5 Å². The fraction of sp³-hybridized carbons (Fsp3) is 0.375. The molecule has 172 valence electrons. The lowest BCUT2D eigenvalue weighted by atomic mass is 10.1. The number of rotatable bonds is 5. The highest BCUT2D eigenvalue weighted by atomic mass is 16.2. The van der Waals surface area contributed by atoms with Gasteiger partial charge in [-0.2, -0.15) is 4.98 Å². The summed E-state index contributed by atoms with van der Waals surface area (Å²) in [5.41, 5.74) is 6.88. The monoisotopic (exact) mass is 448 g/mol. The summed E-state index contributed by atoms with van der Waals surface area (Å²) in [6.07, 6.45) is 3.85. The third kappa shape index (κ3) is 4.08. The number of imidazole rings is 1. The molecule has 1 aromatic carbocycles. The normalized spacial score (nSPS) is 16.0. The second-order valence-corrected chi connectivity index (χ2v) is 8.62. The van der Waals surface area contributed by atoms with Crippen molar-refractivity contribution in [3.8, 4) is 0 Å². The standard InChI is InChI=1S/C24H28N6O3/c1-16(2)11-13-29-20-21(26-23(29)28-12-7-10-18(25)14-28)27(3)24(33)30(22(20)32)19(15-31)17-8-5-4-6-9-17/h4-6,8-9,11,18H,7,10,12-14,25H2,1-3H3. The van der Waals surface area contributed by atoms with Gasteiger partial charge in [-0.25, -0.2) is 14.2 Å². The predicted octanol–water partition coefficient (Wildman–Crippen LogP) is 1.51. The largest absolute Gasteiger partial charge is 0.341 e. The minimum atomic E-state index is -0.650. The van der Waals surface area contributed by atoms with Crippen LogP contribution in [0.5, 0.6) is 0 Å². The van der Waals surface area contributed by atoms with E-state index in [2.05, 4.69) is 4.90 Å². The summed E-state index contributed by atoms with van der Waals surface area (Å²) in [6, 6.07) is 8.60. The number of aryl methyl sites for hydroxylation is 1. The molecule has 0 amide bonds. The van der Waals surface area contributed by atoms with Crippen molar-refractivity contribution < 1.29 is 4.79 Å². The zero-order valence-electron chi connectivity index (χ0n) is 19.1. The van der Waals surface area contributed by atoms with Gasteiger partial charge in [-0.3, -0.25) is 9.36 Å². The first-order valence-electron chi connectivity index (χ1n) is 11.0. The molecule has 1 aliphatic heterocycles. The summed E-state index contributed by atoms with van der Waals surface area (Å²) in [6.45, 7) is 5.73. The molecular formula is C24H28N6O3. The molecule has 3 aromatic rings. The van der Waals surface area contributed by atoms with Crippen LogP contribution in [0, 0.1) is 0 Å². The second-order valence-electron chi connectivity index (χ2n) is 8.62. The van der Waals surface area contributed by atoms with Crippen molar-refractivity contribution in [1.29, 1.82) is 0 Å². The Morgan fingerprint density at radius 3 is 2.61 bits per heavy atom. The van der Waals surface area contributed by atoms with Gasteiger partial charge in [0.2, 0.25) is 5.95 Å². The Hall–Kier alpha value is -3.68. The first kappa shape index (κ1) is 22.5. The van der Waals surface area contributed by atoms with Crippen molar-refractivity contribution in [2.75, 3.05) is 18.0 Å². The van der Waals surface area contributed by atoms with Crippen LogP contribution >= 0.6 is 0 Å². The Balaban J connectivity index is 2.03. The molecule has 0 spiro atoms. The quantitative estimate of drug-likeness (QED) is 0.468. The first-order valence-corrected chi connectivity index (χ1v) is 11.0. The summed E-state index contributed by atoms with van der Waals surface area (Å²) in [5.74, 6) is 2.40. The van der Waals surface area contributed by atoms with Crippen molar-refractivity contribution in [3.05, 3.63) is 68.4 Å². The number of benzene rings is 1. The number of hydrogen-bond acceptors (Lipinski definition) is 6. The van der Waals surface area contributed by atoms with Gasteiger partial charge in [0.05, 0.1) is 0 Å². The fourth-order valence-corrected chi connectivity index (χ4v) is 4.21. The Bertz CT molecular complexity index is 1390. The molecule has 0 aliphatic carbocycles. The molecule has 1 fully saturated rings. The van der Waals surface area contributed by atoms with E-state index < -0.39 is 11.2 Å². The summed E-state index contributed by atoms with van der Waals surface area (Å²) in [4.78, 5) is 45.7. The third-order valence-electron chi connectivity index (χ3n) is 5.92. The SMILES string of the molecule is CC(C)=CCn1c(N2CCCC(N)C2)nc2c1c(=O)n(C(=C=O)c1ccccc1)c(=O)n2C. The van der Waals surface area contributed by atoms with Gasteiger partial charge in [0.15, 0.2) is 17.1 Å². The molecule has 1 unspecified atom stereocenters. The molecular weight excluding hydrogens is 420 g/mol. The average molecular weight is 449 g/mol. The van der Waals surface area contributed by atoms with Crippen LogP contribution in [-0.2, 0) is 18.4 Å². The second kappa shape index (κ2) is 9.05. The van der Waals surface area contributed by atoms with E-state index in [1.165, 1.54) is 4.57 Å². The van der Waals surface area contributed by atoms with E-state index in [-0.39, 0.29) is 22.9 Å². The lowest BCUT2D eigenvalue weighted by molar-refractivity contribution is 0.495. The molecule has 1 atom stereocenters. The van der Waals surface area contributed by atoms with Crippen LogP contribution in [0.15, 0.2) is 51.6 Å². The Morgan fingerprint density at radius 1 is 1.24 bits per heavy atom. The molecule has 1 saturated heterocycles. The number of carbonyl (C=O) groups excluding carboxylic acids is 1. The van der Waals surface area contributed by atoms with E-state index in [0.717, 1.165) is 29.5 Å². The highest BCUT2D eigenvalue weighted by Gasteiger charge is 2.27. The maximum Gasteiger partial charge on any atom is 0.337 e. The molecule has 0 bridgehead atoms. The zero-order valence-corrected chi connectivity index (χ0v) is 19.1. The maximum atomic E-state index is 13.7. The third-order valence-corrected chi connectivity index (χ3v) is 5.92. The van der Waals surface area contributed by atoms with Gasteiger partial charge >= 0.3 is 5.69 Å². The van der Waals surface area contributed by atoms with Crippen LogP contribution in [0.1, 0.15) is 32.3 Å². The van der Waals surface area contributed by atoms with Crippen LogP contribution in [0.4, 0.5) is 5.95 Å². The Morgan fingerprint density at radius 2 is 1.97 bits per heavy atom. The predicted molar refractivity (Wildman–Crippen MR) is 129 cm³/mol. The van der Waals surface area contributed by atoms with E-state index in [1.54, 1.807) is 43.3 Å². The molecule has 2 N–H and O–H groups in total. The smallest absolute Gasteiger partial charge is 0.337 e. The molecule has 9 heteroatoms. The Kier molecular flexibility index (Phi) is 6.18. The lowest BCUT2D eigenvalue weighted by Crippen LogP contribution is -2.44. The van der Waals surface area contributed by atoms with Crippen molar-refractivity contribution in [2.24, 2.45) is 12.8 Å². The van der Waals surface area contributed by atoms with Crippen LogP contribution in [-0.4, -0.2) is 43.8 Å². The number of nitrogens with zero attached hydrogens (tertiary/aromatic N) is 5. The summed E-state index contributed by atoms with van der Waals surface area (Å²) in [5, 5.41) is 0. The molecule has 4 rings (SSSR count). The van der Waals surface area contributed by atoms with Gasteiger partial charge in [-0.15, -0.1) is 0 Å².